The molecule has 0 bridgehead atoms. The van der Waals surface area contributed by atoms with Crippen LogP contribution in [0.1, 0.15) is 19.4 Å². The van der Waals surface area contributed by atoms with Gasteiger partial charge in [0.2, 0.25) is 0 Å². The van der Waals surface area contributed by atoms with Crippen LogP contribution in [0.3, 0.4) is 0 Å². The van der Waals surface area contributed by atoms with Crippen molar-refractivity contribution in [1.82, 2.24) is 0 Å². The summed E-state index contributed by atoms with van der Waals surface area (Å²) in [6.45, 7) is 4.13. The highest BCUT2D eigenvalue weighted by molar-refractivity contribution is 7.99. The molecule has 0 aliphatic rings. The molecule has 1 unspecified atom stereocenters. The van der Waals surface area contributed by atoms with Gasteiger partial charge in [0.1, 0.15) is 11.6 Å². The average molecular weight is 265 g/mol. The van der Waals surface area contributed by atoms with Crippen LogP contribution in [0.25, 0.3) is 0 Å². The van der Waals surface area contributed by atoms with E-state index in [0.29, 0.717) is 0 Å². The quantitative estimate of drug-likeness (QED) is 0.631. The van der Waals surface area contributed by atoms with Crippen molar-refractivity contribution in [1.29, 1.82) is 5.26 Å². The van der Waals surface area contributed by atoms with Crippen molar-refractivity contribution in [3.8, 4) is 6.07 Å². The lowest BCUT2D eigenvalue weighted by Crippen LogP contribution is -2.18. The molecule has 6 heteroatoms. The van der Waals surface area contributed by atoms with E-state index in [-0.39, 0.29) is 17.3 Å². The first kappa shape index (κ1) is 14.3. The van der Waals surface area contributed by atoms with Crippen LogP contribution in [0.2, 0.25) is 0 Å². The molecule has 0 aliphatic heterocycles. The van der Waals surface area contributed by atoms with Crippen molar-refractivity contribution in [2.45, 2.75) is 19.9 Å². The molecule has 0 aromatic heterocycles. The second-order valence-electron chi connectivity index (χ2n) is 3.81. The number of rotatable bonds is 6. The van der Waals surface area contributed by atoms with Gasteiger partial charge in [-0.1, -0.05) is 6.92 Å². The Morgan fingerprint density at radius 3 is 2.89 bits per heavy atom. The molecule has 0 radical (unpaired) electrons. The van der Waals surface area contributed by atoms with E-state index in [1.807, 2.05) is 24.8 Å². The van der Waals surface area contributed by atoms with Gasteiger partial charge in [-0.05, 0) is 24.8 Å². The van der Waals surface area contributed by atoms with Crippen LogP contribution in [-0.4, -0.2) is 22.5 Å². The monoisotopic (exact) mass is 265 g/mol. The molecule has 0 fully saturated rings. The summed E-state index contributed by atoms with van der Waals surface area (Å²) >= 11 is 1.82. The molecule has 1 rings (SSSR count). The Morgan fingerprint density at radius 1 is 1.61 bits per heavy atom. The van der Waals surface area contributed by atoms with Crippen molar-refractivity contribution in [3.63, 3.8) is 0 Å². The van der Waals surface area contributed by atoms with Crippen LogP contribution in [0, 0.1) is 21.4 Å². The van der Waals surface area contributed by atoms with E-state index in [4.69, 9.17) is 5.26 Å². The van der Waals surface area contributed by atoms with Gasteiger partial charge in [0.25, 0.3) is 5.69 Å². The van der Waals surface area contributed by atoms with Gasteiger partial charge in [-0.15, -0.1) is 0 Å². The molecule has 1 N–H and O–H groups in total. The van der Waals surface area contributed by atoms with Crippen LogP contribution in [0.5, 0.6) is 0 Å². The Bertz CT molecular complexity index is 471. The number of nitrogens with zero attached hydrogens (tertiary/aromatic N) is 2. The van der Waals surface area contributed by atoms with Crippen LogP contribution in [0.15, 0.2) is 18.2 Å². The SMILES string of the molecule is CCSCC(C)Nc1ccc([N+](=O)[O-])c(C#N)c1. The summed E-state index contributed by atoms with van der Waals surface area (Å²) in [7, 11) is 0. The molecular formula is C12H15N3O2S. The highest BCUT2D eigenvalue weighted by Crippen LogP contribution is 2.22. The average Bonchev–Trinajstić information content (AvgIpc) is 2.35. The topological polar surface area (TPSA) is 79.0 Å². The fourth-order valence-corrected chi connectivity index (χ4v) is 2.17. The number of nitriles is 1. The fraction of sp³-hybridized carbons (Fsp3) is 0.417. The number of benzene rings is 1. The lowest BCUT2D eigenvalue weighted by atomic mass is 10.1. The number of nitrogens with one attached hydrogen (secondary N) is 1. The fourth-order valence-electron chi connectivity index (χ4n) is 1.50. The summed E-state index contributed by atoms with van der Waals surface area (Å²) in [4.78, 5) is 10.1. The second-order valence-corrected chi connectivity index (χ2v) is 5.12. The Kier molecular flexibility index (Phi) is 5.46. The predicted octanol–water partition coefficient (Wildman–Crippen LogP) is 3.02. The minimum atomic E-state index is -0.543. The molecule has 0 saturated carbocycles. The van der Waals surface area contributed by atoms with Gasteiger partial charge < -0.3 is 5.32 Å². The molecule has 0 aliphatic carbocycles. The van der Waals surface area contributed by atoms with E-state index in [1.165, 1.54) is 12.1 Å². The standard InChI is InChI=1S/C12H15N3O2S/c1-3-18-8-9(2)14-11-4-5-12(15(16)17)10(6-11)7-13/h4-6,9,14H,3,8H2,1-2H3. The minimum Gasteiger partial charge on any atom is -0.382 e. The van der Waals surface area contributed by atoms with E-state index in [0.717, 1.165) is 17.2 Å². The van der Waals surface area contributed by atoms with E-state index >= 15 is 0 Å². The number of hydrogen-bond acceptors (Lipinski definition) is 5. The van der Waals surface area contributed by atoms with Gasteiger partial charge in [0.05, 0.1) is 4.92 Å². The molecule has 0 amide bonds. The Morgan fingerprint density at radius 2 is 2.33 bits per heavy atom. The maximum absolute atomic E-state index is 10.7. The summed E-state index contributed by atoms with van der Waals surface area (Å²) in [5.41, 5.74) is 0.667. The summed E-state index contributed by atoms with van der Waals surface area (Å²) in [5.74, 6) is 2.01. The molecule has 0 saturated heterocycles. The van der Waals surface area contributed by atoms with Gasteiger partial charge >= 0.3 is 0 Å². The molecule has 96 valence electrons. The number of anilines is 1. The predicted molar refractivity (Wildman–Crippen MR) is 73.9 cm³/mol. The van der Waals surface area contributed by atoms with Crippen molar-refractivity contribution in [2.75, 3.05) is 16.8 Å². The molecule has 1 aromatic carbocycles. The largest absolute Gasteiger partial charge is 0.382 e. The highest BCUT2D eigenvalue weighted by atomic mass is 32.2. The molecule has 0 spiro atoms. The summed E-state index contributed by atoms with van der Waals surface area (Å²) < 4.78 is 0. The smallest absolute Gasteiger partial charge is 0.287 e. The van der Waals surface area contributed by atoms with Crippen molar-refractivity contribution in [2.24, 2.45) is 0 Å². The number of nitro benzene ring substituents is 1. The summed E-state index contributed by atoms with van der Waals surface area (Å²) in [5, 5.41) is 22.8. The molecular weight excluding hydrogens is 250 g/mol. The third-order valence-electron chi connectivity index (χ3n) is 2.30. The molecule has 5 nitrogen and oxygen atoms in total. The first-order valence-electron chi connectivity index (χ1n) is 5.61. The number of thioether (sulfide) groups is 1. The lowest BCUT2D eigenvalue weighted by molar-refractivity contribution is -0.385. The third kappa shape index (κ3) is 3.93. The van der Waals surface area contributed by atoms with Gasteiger partial charge in [-0.2, -0.15) is 17.0 Å². The van der Waals surface area contributed by atoms with E-state index in [2.05, 4.69) is 12.2 Å². The second kappa shape index (κ2) is 6.87. The van der Waals surface area contributed by atoms with Crippen LogP contribution >= 0.6 is 11.8 Å². The highest BCUT2D eigenvalue weighted by Gasteiger charge is 2.14. The van der Waals surface area contributed by atoms with Crippen LogP contribution in [-0.2, 0) is 0 Å². The normalized spacial score (nSPS) is 11.6. The summed E-state index contributed by atoms with van der Waals surface area (Å²) in [6.07, 6.45) is 0. The first-order chi connectivity index (χ1) is 8.58. The molecule has 0 heterocycles. The maximum Gasteiger partial charge on any atom is 0.287 e. The molecule has 18 heavy (non-hydrogen) atoms. The van der Waals surface area contributed by atoms with Crippen molar-refractivity contribution < 1.29 is 4.92 Å². The Hall–Kier alpha value is -1.74. The van der Waals surface area contributed by atoms with Gasteiger partial charge in [-0.3, -0.25) is 10.1 Å². The Balaban J connectivity index is 2.80. The molecule has 1 atom stereocenters. The summed E-state index contributed by atoms with van der Waals surface area (Å²) in [6, 6.07) is 6.61. The van der Waals surface area contributed by atoms with Crippen LogP contribution in [0.4, 0.5) is 11.4 Å². The third-order valence-corrected chi connectivity index (χ3v) is 3.44. The van der Waals surface area contributed by atoms with E-state index < -0.39 is 4.92 Å². The van der Waals surface area contributed by atoms with Crippen LogP contribution < -0.4 is 5.32 Å². The molecule has 1 aromatic rings. The number of hydrogen-bond donors (Lipinski definition) is 1. The number of nitro groups is 1. The first-order valence-corrected chi connectivity index (χ1v) is 6.76. The van der Waals surface area contributed by atoms with Gasteiger partial charge in [0.15, 0.2) is 0 Å². The zero-order chi connectivity index (χ0) is 13.5. The van der Waals surface area contributed by atoms with Gasteiger partial charge in [-0.25, -0.2) is 0 Å². The van der Waals surface area contributed by atoms with Crippen molar-refractivity contribution in [3.05, 3.63) is 33.9 Å². The van der Waals surface area contributed by atoms with Gasteiger partial charge in [0, 0.05) is 23.5 Å². The van der Waals surface area contributed by atoms with E-state index in [9.17, 15) is 10.1 Å². The zero-order valence-electron chi connectivity index (χ0n) is 10.3. The Labute approximate surface area is 110 Å². The van der Waals surface area contributed by atoms with E-state index in [1.54, 1.807) is 6.07 Å². The maximum atomic E-state index is 10.7. The lowest BCUT2D eigenvalue weighted by Gasteiger charge is -2.14. The van der Waals surface area contributed by atoms with Crippen molar-refractivity contribution >= 4 is 23.1 Å². The zero-order valence-corrected chi connectivity index (χ0v) is 11.2. The minimum absolute atomic E-state index is 0.0837.